The van der Waals surface area contributed by atoms with Crippen LogP contribution in [0.4, 0.5) is 5.69 Å². The normalized spacial score (nSPS) is 23.2. The second-order valence-electron chi connectivity index (χ2n) is 3.87. The first-order chi connectivity index (χ1) is 7.46. The lowest BCUT2D eigenvalue weighted by atomic mass is 10.2. The molecule has 1 atom stereocenters. The second kappa shape index (κ2) is 4.55. The number of halogens is 2. The van der Waals surface area contributed by atoms with Crippen molar-refractivity contribution in [3.05, 3.63) is 27.7 Å². The average Bonchev–Trinajstić information content (AvgIpc) is 2.52. The zero-order chi connectivity index (χ0) is 11.8. The molecule has 1 saturated heterocycles. The van der Waals surface area contributed by atoms with Gasteiger partial charge in [-0.05, 0) is 40.5 Å². The molecular weight excluding hydrogens is 314 g/mol. The molecule has 0 spiro atoms. The van der Waals surface area contributed by atoms with E-state index in [0.29, 0.717) is 11.4 Å². The van der Waals surface area contributed by atoms with Crippen molar-refractivity contribution in [1.29, 1.82) is 0 Å². The van der Waals surface area contributed by atoms with Crippen molar-refractivity contribution in [2.75, 3.05) is 16.8 Å². The molecule has 3 nitrogen and oxygen atoms in total. The highest BCUT2D eigenvalue weighted by atomic mass is 79.9. The molecule has 0 aliphatic carbocycles. The Morgan fingerprint density at radius 2 is 2.19 bits per heavy atom. The fourth-order valence-electron chi connectivity index (χ4n) is 1.73. The van der Waals surface area contributed by atoms with Crippen LogP contribution < -0.4 is 5.32 Å². The first-order valence-corrected chi connectivity index (χ1v) is 7.87. The molecule has 1 N–H and O–H groups in total. The van der Waals surface area contributed by atoms with Crippen LogP contribution >= 0.6 is 27.5 Å². The van der Waals surface area contributed by atoms with Crippen molar-refractivity contribution in [2.24, 2.45) is 0 Å². The van der Waals surface area contributed by atoms with Gasteiger partial charge in [-0.15, -0.1) is 0 Å². The third kappa shape index (κ3) is 2.90. The Labute approximate surface area is 108 Å². The van der Waals surface area contributed by atoms with Gasteiger partial charge >= 0.3 is 0 Å². The molecule has 1 aliphatic heterocycles. The minimum absolute atomic E-state index is 0.0121. The number of hydrogen-bond acceptors (Lipinski definition) is 3. The van der Waals surface area contributed by atoms with Gasteiger partial charge in [0.15, 0.2) is 9.84 Å². The van der Waals surface area contributed by atoms with Gasteiger partial charge in [0.2, 0.25) is 0 Å². The SMILES string of the molecule is O=S1(=O)CCC(Nc2ccc(Cl)c(Br)c2)C1. The van der Waals surface area contributed by atoms with Crippen molar-refractivity contribution in [3.63, 3.8) is 0 Å². The fraction of sp³-hybridized carbons (Fsp3) is 0.400. The minimum atomic E-state index is -2.83. The number of hydrogen-bond donors (Lipinski definition) is 1. The molecule has 0 saturated carbocycles. The van der Waals surface area contributed by atoms with E-state index in [1.807, 2.05) is 12.1 Å². The van der Waals surface area contributed by atoms with Crippen molar-refractivity contribution in [2.45, 2.75) is 12.5 Å². The first kappa shape index (κ1) is 12.2. The van der Waals surface area contributed by atoms with Crippen LogP contribution in [0.2, 0.25) is 5.02 Å². The maximum atomic E-state index is 11.3. The topological polar surface area (TPSA) is 46.2 Å². The summed E-state index contributed by atoms with van der Waals surface area (Å²) in [5, 5.41) is 3.84. The Balaban J connectivity index is 2.08. The van der Waals surface area contributed by atoms with E-state index in [1.54, 1.807) is 6.07 Å². The molecule has 1 heterocycles. The molecule has 88 valence electrons. The Hall–Kier alpha value is -0.260. The maximum absolute atomic E-state index is 11.3. The van der Waals surface area contributed by atoms with Crippen LogP contribution in [0, 0.1) is 0 Å². The standard InChI is InChI=1S/C10H11BrClNO2S/c11-9-5-7(1-2-10(9)12)13-8-3-4-16(14,15)6-8/h1-2,5,8,13H,3-4,6H2. The summed E-state index contributed by atoms with van der Waals surface area (Å²) in [6.07, 6.45) is 0.669. The summed E-state index contributed by atoms with van der Waals surface area (Å²) < 4.78 is 23.4. The number of rotatable bonds is 2. The van der Waals surface area contributed by atoms with Crippen molar-refractivity contribution in [3.8, 4) is 0 Å². The van der Waals surface area contributed by atoms with Crippen LogP contribution in [0.1, 0.15) is 6.42 Å². The van der Waals surface area contributed by atoms with E-state index in [4.69, 9.17) is 11.6 Å². The predicted molar refractivity (Wildman–Crippen MR) is 69.8 cm³/mol. The predicted octanol–water partition coefficient (Wildman–Crippen LogP) is 2.70. The molecule has 1 aromatic rings. The quantitative estimate of drug-likeness (QED) is 0.910. The number of nitrogens with one attached hydrogen (secondary N) is 1. The number of benzene rings is 1. The van der Waals surface area contributed by atoms with E-state index in [0.717, 1.165) is 10.2 Å². The van der Waals surface area contributed by atoms with Gasteiger partial charge < -0.3 is 5.32 Å². The second-order valence-corrected chi connectivity index (χ2v) is 7.36. The lowest BCUT2D eigenvalue weighted by Crippen LogP contribution is -2.20. The molecule has 1 aliphatic rings. The molecule has 0 amide bonds. The third-order valence-electron chi connectivity index (χ3n) is 2.52. The third-order valence-corrected chi connectivity index (χ3v) is 5.50. The van der Waals surface area contributed by atoms with E-state index < -0.39 is 9.84 Å². The highest BCUT2D eigenvalue weighted by Crippen LogP contribution is 2.27. The van der Waals surface area contributed by atoms with Crippen LogP contribution in [0.15, 0.2) is 22.7 Å². The van der Waals surface area contributed by atoms with E-state index in [2.05, 4.69) is 21.2 Å². The summed E-state index contributed by atoms with van der Waals surface area (Å²) in [7, 11) is -2.83. The molecule has 1 fully saturated rings. The maximum Gasteiger partial charge on any atom is 0.152 e. The number of sulfone groups is 1. The van der Waals surface area contributed by atoms with Gasteiger partial charge in [0.1, 0.15) is 0 Å². The van der Waals surface area contributed by atoms with Gasteiger partial charge in [-0.25, -0.2) is 8.42 Å². The summed E-state index contributed by atoms with van der Waals surface area (Å²) in [5.74, 6) is 0.493. The van der Waals surface area contributed by atoms with Crippen molar-refractivity contribution < 1.29 is 8.42 Å². The molecule has 1 aromatic carbocycles. The van der Waals surface area contributed by atoms with Gasteiger partial charge in [-0.1, -0.05) is 11.6 Å². The zero-order valence-corrected chi connectivity index (χ0v) is 11.6. The summed E-state index contributed by atoms with van der Waals surface area (Å²) in [6, 6.07) is 5.49. The van der Waals surface area contributed by atoms with Gasteiger partial charge in [0.05, 0.1) is 16.5 Å². The lowest BCUT2D eigenvalue weighted by Gasteiger charge is -2.12. The van der Waals surface area contributed by atoms with Gasteiger partial charge in [-0.3, -0.25) is 0 Å². The molecule has 1 unspecified atom stereocenters. The average molecular weight is 325 g/mol. The minimum Gasteiger partial charge on any atom is -0.381 e. The van der Waals surface area contributed by atoms with Crippen molar-refractivity contribution >= 4 is 43.1 Å². The monoisotopic (exact) mass is 323 g/mol. The lowest BCUT2D eigenvalue weighted by molar-refractivity contribution is 0.602. The molecule has 16 heavy (non-hydrogen) atoms. The number of anilines is 1. The van der Waals surface area contributed by atoms with Crippen LogP contribution in [-0.4, -0.2) is 26.0 Å². The molecule has 0 radical (unpaired) electrons. The highest BCUT2D eigenvalue weighted by Gasteiger charge is 2.27. The van der Waals surface area contributed by atoms with Crippen molar-refractivity contribution in [1.82, 2.24) is 0 Å². The van der Waals surface area contributed by atoms with Crippen LogP contribution in [0.5, 0.6) is 0 Å². The fourth-order valence-corrected chi connectivity index (χ4v) is 3.90. The van der Waals surface area contributed by atoms with E-state index in [-0.39, 0.29) is 17.5 Å². The molecule has 0 aromatic heterocycles. The Morgan fingerprint density at radius 1 is 1.44 bits per heavy atom. The molecule has 0 bridgehead atoms. The Morgan fingerprint density at radius 3 is 2.75 bits per heavy atom. The summed E-state index contributed by atoms with van der Waals surface area (Å²) in [6.45, 7) is 0. The Kier molecular flexibility index (Phi) is 3.47. The smallest absolute Gasteiger partial charge is 0.152 e. The van der Waals surface area contributed by atoms with Gasteiger partial charge in [0, 0.05) is 16.2 Å². The molecule has 2 rings (SSSR count). The molecular formula is C10H11BrClNO2S. The van der Waals surface area contributed by atoms with E-state index in [1.165, 1.54) is 0 Å². The summed E-state index contributed by atoms with van der Waals surface area (Å²) >= 11 is 9.20. The first-order valence-electron chi connectivity index (χ1n) is 4.88. The summed E-state index contributed by atoms with van der Waals surface area (Å²) in [4.78, 5) is 0. The van der Waals surface area contributed by atoms with E-state index >= 15 is 0 Å². The van der Waals surface area contributed by atoms with Gasteiger partial charge in [-0.2, -0.15) is 0 Å². The van der Waals surface area contributed by atoms with Crippen LogP contribution in [0.25, 0.3) is 0 Å². The van der Waals surface area contributed by atoms with Gasteiger partial charge in [0.25, 0.3) is 0 Å². The summed E-state index contributed by atoms with van der Waals surface area (Å²) in [5.41, 5.74) is 0.887. The Bertz CT molecular complexity index is 504. The van der Waals surface area contributed by atoms with Crippen LogP contribution in [0.3, 0.4) is 0 Å². The largest absolute Gasteiger partial charge is 0.381 e. The highest BCUT2D eigenvalue weighted by molar-refractivity contribution is 9.10. The van der Waals surface area contributed by atoms with Crippen LogP contribution in [-0.2, 0) is 9.84 Å². The zero-order valence-electron chi connectivity index (χ0n) is 8.41. The van der Waals surface area contributed by atoms with E-state index in [9.17, 15) is 8.42 Å². The molecule has 6 heteroatoms.